The van der Waals surface area contributed by atoms with Gasteiger partial charge in [-0.25, -0.2) is 4.39 Å². The van der Waals surface area contributed by atoms with Crippen LogP contribution >= 0.6 is 11.6 Å². The minimum atomic E-state index is -1.54. The number of halogens is 2. The van der Waals surface area contributed by atoms with Crippen molar-refractivity contribution in [3.05, 3.63) is 34.6 Å². The number of primary amides is 1. The van der Waals surface area contributed by atoms with E-state index in [1.807, 2.05) is 0 Å². The molecule has 0 spiro atoms. The molecule has 120 valence electrons. The first kappa shape index (κ1) is 16.7. The number of nitrogens with zero attached hydrogens (tertiary/aromatic N) is 1. The van der Waals surface area contributed by atoms with E-state index >= 15 is 0 Å². The lowest BCUT2D eigenvalue weighted by Gasteiger charge is -2.29. The first-order valence-corrected chi connectivity index (χ1v) is 7.01. The van der Waals surface area contributed by atoms with Crippen molar-refractivity contribution < 1.29 is 23.8 Å². The molecule has 3 N–H and O–H groups in total. The molecule has 2 rings (SSSR count). The summed E-state index contributed by atoms with van der Waals surface area (Å²) in [6.45, 7) is 0.240. The van der Waals surface area contributed by atoms with Gasteiger partial charge in [0.1, 0.15) is 11.4 Å². The summed E-state index contributed by atoms with van der Waals surface area (Å²) in [6, 6.07) is 3.63. The van der Waals surface area contributed by atoms with Crippen LogP contribution in [0.25, 0.3) is 0 Å². The SMILES string of the molecule is NC(=O)CC1(O)COCCN(C(=O)c2ccc(F)c(Cl)c2)C1. The Balaban J connectivity index is 2.20. The van der Waals surface area contributed by atoms with E-state index < -0.39 is 23.2 Å². The lowest BCUT2D eigenvalue weighted by molar-refractivity contribution is -0.125. The molecule has 1 saturated heterocycles. The van der Waals surface area contributed by atoms with Gasteiger partial charge in [0.2, 0.25) is 5.91 Å². The van der Waals surface area contributed by atoms with Gasteiger partial charge in [-0.1, -0.05) is 11.6 Å². The highest BCUT2D eigenvalue weighted by Crippen LogP contribution is 2.21. The largest absolute Gasteiger partial charge is 0.385 e. The van der Waals surface area contributed by atoms with Crippen LogP contribution in [-0.2, 0) is 9.53 Å². The fraction of sp³-hybridized carbons (Fsp3) is 0.429. The van der Waals surface area contributed by atoms with Gasteiger partial charge in [-0.05, 0) is 18.2 Å². The number of nitrogens with two attached hydrogens (primary N) is 1. The lowest BCUT2D eigenvalue weighted by atomic mass is 9.99. The number of amides is 2. The second-order valence-electron chi connectivity index (χ2n) is 5.28. The van der Waals surface area contributed by atoms with Crippen LogP contribution in [0.5, 0.6) is 0 Å². The van der Waals surface area contributed by atoms with Crippen LogP contribution in [0, 0.1) is 5.82 Å². The molecule has 1 atom stereocenters. The molecule has 0 radical (unpaired) electrons. The number of carbonyl (C=O) groups is 2. The van der Waals surface area contributed by atoms with Gasteiger partial charge in [-0.3, -0.25) is 9.59 Å². The summed E-state index contributed by atoms with van der Waals surface area (Å²) in [5.74, 6) is -1.75. The third kappa shape index (κ3) is 3.94. The van der Waals surface area contributed by atoms with Gasteiger partial charge in [0, 0.05) is 12.1 Å². The Bertz CT molecular complexity index is 598. The molecular formula is C14H16ClFN2O4. The molecule has 1 aliphatic rings. The van der Waals surface area contributed by atoms with E-state index in [0.717, 1.165) is 6.07 Å². The van der Waals surface area contributed by atoms with E-state index in [0.29, 0.717) is 0 Å². The van der Waals surface area contributed by atoms with Gasteiger partial charge in [-0.2, -0.15) is 0 Å². The van der Waals surface area contributed by atoms with E-state index in [2.05, 4.69) is 0 Å². The highest BCUT2D eigenvalue weighted by molar-refractivity contribution is 6.31. The highest BCUT2D eigenvalue weighted by Gasteiger charge is 2.36. The van der Waals surface area contributed by atoms with Crippen molar-refractivity contribution in [2.45, 2.75) is 12.0 Å². The predicted molar refractivity (Wildman–Crippen MR) is 76.9 cm³/mol. The normalized spacial score (nSPS) is 22.2. The van der Waals surface area contributed by atoms with E-state index in [-0.39, 0.29) is 43.3 Å². The van der Waals surface area contributed by atoms with Crippen LogP contribution in [0.1, 0.15) is 16.8 Å². The predicted octanol–water partition coefficient (Wildman–Crippen LogP) is 0.558. The van der Waals surface area contributed by atoms with Crippen molar-refractivity contribution in [3.8, 4) is 0 Å². The average Bonchev–Trinajstić information content (AvgIpc) is 2.62. The molecule has 2 amide bonds. The summed E-state index contributed by atoms with van der Waals surface area (Å²) < 4.78 is 18.4. The monoisotopic (exact) mass is 330 g/mol. The number of β-amino-alcohol motifs (C(OH)–C–C–N with tert-alkyl or cyclic N) is 1. The summed E-state index contributed by atoms with van der Waals surface area (Å²) in [6.07, 6.45) is -0.318. The van der Waals surface area contributed by atoms with Gasteiger partial charge in [-0.15, -0.1) is 0 Å². The van der Waals surface area contributed by atoms with Crippen molar-refractivity contribution in [1.29, 1.82) is 0 Å². The molecule has 0 bridgehead atoms. The zero-order valence-electron chi connectivity index (χ0n) is 11.7. The maximum absolute atomic E-state index is 13.2. The van der Waals surface area contributed by atoms with Crippen molar-refractivity contribution >= 4 is 23.4 Å². The zero-order chi connectivity index (χ0) is 16.3. The van der Waals surface area contributed by atoms with Gasteiger partial charge < -0.3 is 20.5 Å². The first-order chi connectivity index (χ1) is 10.3. The van der Waals surface area contributed by atoms with Crippen molar-refractivity contribution in [1.82, 2.24) is 4.90 Å². The smallest absolute Gasteiger partial charge is 0.254 e. The Labute approximate surface area is 131 Å². The molecule has 1 aromatic rings. The quantitative estimate of drug-likeness (QED) is 0.847. The molecule has 22 heavy (non-hydrogen) atoms. The van der Waals surface area contributed by atoms with E-state index in [9.17, 15) is 19.1 Å². The van der Waals surface area contributed by atoms with E-state index in [1.165, 1.54) is 17.0 Å². The number of rotatable bonds is 3. The number of hydrogen-bond donors (Lipinski definition) is 2. The van der Waals surface area contributed by atoms with Crippen LogP contribution in [-0.4, -0.2) is 53.7 Å². The first-order valence-electron chi connectivity index (χ1n) is 6.63. The van der Waals surface area contributed by atoms with Crippen LogP contribution < -0.4 is 5.73 Å². The number of hydrogen-bond acceptors (Lipinski definition) is 4. The number of aliphatic hydroxyl groups is 1. The molecular weight excluding hydrogens is 315 g/mol. The number of carbonyl (C=O) groups excluding carboxylic acids is 2. The molecule has 0 aliphatic carbocycles. The fourth-order valence-electron chi connectivity index (χ4n) is 2.33. The van der Waals surface area contributed by atoms with Crippen LogP contribution in [0.3, 0.4) is 0 Å². The van der Waals surface area contributed by atoms with E-state index in [4.69, 9.17) is 22.1 Å². The summed E-state index contributed by atoms with van der Waals surface area (Å²) in [4.78, 5) is 24.8. The Morgan fingerprint density at radius 3 is 2.86 bits per heavy atom. The second kappa shape index (κ2) is 6.60. The van der Waals surface area contributed by atoms with Gasteiger partial charge in [0.25, 0.3) is 5.91 Å². The molecule has 0 saturated carbocycles. The molecule has 1 fully saturated rings. The standard InChI is InChI=1S/C14H16ClFN2O4/c15-10-5-9(1-2-11(10)16)13(20)18-3-4-22-8-14(21,7-18)6-12(17)19/h1-2,5,21H,3-4,6-8H2,(H2,17,19). The molecule has 1 heterocycles. The Kier molecular flexibility index (Phi) is 5.00. The second-order valence-corrected chi connectivity index (χ2v) is 5.68. The molecule has 0 aromatic heterocycles. The van der Waals surface area contributed by atoms with Crippen molar-refractivity contribution in [3.63, 3.8) is 0 Å². The van der Waals surface area contributed by atoms with Crippen LogP contribution in [0.15, 0.2) is 18.2 Å². The third-order valence-electron chi connectivity index (χ3n) is 3.32. The van der Waals surface area contributed by atoms with Crippen molar-refractivity contribution in [2.75, 3.05) is 26.3 Å². The Hall–Kier alpha value is -1.70. The number of ether oxygens (including phenoxy) is 1. The zero-order valence-corrected chi connectivity index (χ0v) is 12.5. The Morgan fingerprint density at radius 1 is 1.50 bits per heavy atom. The van der Waals surface area contributed by atoms with Gasteiger partial charge in [0.05, 0.1) is 31.2 Å². The van der Waals surface area contributed by atoms with Crippen molar-refractivity contribution in [2.24, 2.45) is 5.73 Å². The van der Waals surface area contributed by atoms with Crippen LogP contribution in [0.2, 0.25) is 5.02 Å². The summed E-state index contributed by atoms with van der Waals surface area (Å²) >= 11 is 5.67. The highest BCUT2D eigenvalue weighted by atomic mass is 35.5. The third-order valence-corrected chi connectivity index (χ3v) is 3.61. The Morgan fingerprint density at radius 2 is 2.23 bits per heavy atom. The van der Waals surface area contributed by atoms with Gasteiger partial charge >= 0.3 is 0 Å². The minimum Gasteiger partial charge on any atom is -0.385 e. The maximum atomic E-state index is 13.2. The topological polar surface area (TPSA) is 92.9 Å². The summed E-state index contributed by atoms with van der Waals surface area (Å²) in [5, 5.41) is 10.2. The summed E-state index contributed by atoms with van der Waals surface area (Å²) in [5.41, 5.74) is 3.76. The molecule has 8 heteroatoms. The molecule has 6 nitrogen and oxygen atoms in total. The summed E-state index contributed by atoms with van der Waals surface area (Å²) in [7, 11) is 0. The van der Waals surface area contributed by atoms with E-state index in [1.54, 1.807) is 0 Å². The molecule has 1 aromatic carbocycles. The fourth-order valence-corrected chi connectivity index (χ4v) is 2.51. The molecule has 1 aliphatic heterocycles. The van der Waals surface area contributed by atoms with Gasteiger partial charge in [0.15, 0.2) is 0 Å². The average molecular weight is 331 g/mol. The minimum absolute atomic E-state index is 0.0934. The lowest BCUT2D eigenvalue weighted by Crippen LogP contribution is -2.48. The number of benzene rings is 1. The molecule has 1 unspecified atom stereocenters. The van der Waals surface area contributed by atoms with Crippen LogP contribution in [0.4, 0.5) is 4.39 Å². The maximum Gasteiger partial charge on any atom is 0.254 e.